The van der Waals surface area contributed by atoms with Gasteiger partial charge in [0.15, 0.2) is 0 Å². The molecule has 0 radical (unpaired) electrons. The molecule has 0 spiro atoms. The first-order chi connectivity index (χ1) is 0. The summed E-state index contributed by atoms with van der Waals surface area (Å²) in [6.45, 7) is 0. The molecular weight excluding hydrogens is 296 g/mol. The van der Waals surface area contributed by atoms with Gasteiger partial charge in [-0.25, -0.2) is 0 Å². The van der Waals surface area contributed by atoms with Crippen LogP contribution >= 0.6 is 0 Å². The van der Waals surface area contributed by atoms with Gasteiger partial charge >= 0.3 is 21.7 Å². The Morgan fingerprint density at radius 3 is 0.500 bits per heavy atom. The maximum atomic E-state index is 0. The molecule has 0 aliphatic heterocycles. The summed E-state index contributed by atoms with van der Waals surface area (Å²) in [6.07, 6.45) is 0. The maximum Gasteiger partial charge on any atom is 4.00 e. The Balaban J connectivity index is 0. The van der Waals surface area contributed by atoms with Gasteiger partial charge < -0.3 is 21.9 Å². The topological polar surface area (TPSA) is 114 Å². The van der Waals surface area contributed by atoms with E-state index in [4.69, 9.17) is 0 Å². The quantitative estimate of drug-likeness (QED) is 0.537. The van der Waals surface area contributed by atoms with E-state index in [1.807, 2.05) is 0 Å². The van der Waals surface area contributed by atoms with Crippen molar-refractivity contribution in [3.8, 4) is 0 Å². The second kappa shape index (κ2) is 111. The molecule has 6 heavy (non-hydrogen) atoms. The standard InChI is InChI=1S/4O.Ti.W/q4*-2;+4;. The van der Waals surface area contributed by atoms with Crippen LogP contribution in [0, 0.1) is 0 Å². The van der Waals surface area contributed by atoms with Crippen LogP contribution in [0.2, 0.25) is 0 Å². The molecule has 0 saturated heterocycles. The molecule has 6 heteroatoms. The van der Waals surface area contributed by atoms with Crippen LogP contribution in [-0.4, -0.2) is 0 Å². The van der Waals surface area contributed by atoms with Gasteiger partial charge in [0.05, 0.1) is 0 Å². The molecule has 0 aromatic carbocycles. The Labute approximate surface area is 64.7 Å². The molecule has 0 N–H and O–H groups in total. The monoisotopic (exact) mass is 296 g/mol. The zero-order valence-corrected chi connectivity index (χ0v) is 7.04. The predicted octanol–water partition coefficient (Wildman–Crippen LogP) is -0.480. The summed E-state index contributed by atoms with van der Waals surface area (Å²) in [5.41, 5.74) is 0. The SMILES string of the molecule is [O-2].[O-2].[O-2].[O-2].[Ti+4].[W]. The van der Waals surface area contributed by atoms with Crippen molar-refractivity contribution in [1.82, 2.24) is 0 Å². The molecule has 0 amide bonds. The van der Waals surface area contributed by atoms with Crippen molar-refractivity contribution in [2.75, 3.05) is 0 Å². The van der Waals surface area contributed by atoms with Crippen LogP contribution < -0.4 is 0 Å². The van der Waals surface area contributed by atoms with E-state index in [-0.39, 0.29) is 64.7 Å². The van der Waals surface area contributed by atoms with E-state index < -0.39 is 0 Å². The molecule has 4 nitrogen and oxygen atoms in total. The Hall–Kier alpha value is 1.24. The van der Waals surface area contributed by atoms with E-state index in [1.165, 1.54) is 0 Å². The average molecular weight is 296 g/mol. The summed E-state index contributed by atoms with van der Waals surface area (Å²) in [4.78, 5) is 0. The van der Waals surface area contributed by atoms with Crippen LogP contribution in [0.3, 0.4) is 0 Å². The van der Waals surface area contributed by atoms with Crippen LogP contribution in [-0.2, 0) is 64.7 Å². The smallest absolute Gasteiger partial charge is 2.00 e. The van der Waals surface area contributed by atoms with E-state index in [0.29, 0.717) is 0 Å². The zero-order chi connectivity index (χ0) is 0. The minimum Gasteiger partial charge on any atom is -2.00 e. The van der Waals surface area contributed by atoms with Gasteiger partial charge in [0.1, 0.15) is 0 Å². The first kappa shape index (κ1) is 183. The van der Waals surface area contributed by atoms with Gasteiger partial charge in [-0.15, -0.1) is 0 Å². The Bertz CT molecular complexity index is 7.51. The second-order valence-corrected chi connectivity index (χ2v) is 0. The summed E-state index contributed by atoms with van der Waals surface area (Å²) in [5, 5.41) is 0. The first-order valence-electron chi connectivity index (χ1n) is 0. The van der Waals surface area contributed by atoms with E-state index >= 15 is 0 Å². The van der Waals surface area contributed by atoms with Crippen molar-refractivity contribution in [3.05, 3.63) is 0 Å². The van der Waals surface area contributed by atoms with Gasteiger partial charge in [-0.2, -0.15) is 0 Å². The third-order valence-electron chi connectivity index (χ3n) is 0. The molecule has 0 aliphatic rings. The molecule has 0 unspecified atom stereocenters. The van der Waals surface area contributed by atoms with E-state index in [9.17, 15) is 0 Å². The van der Waals surface area contributed by atoms with Crippen molar-refractivity contribution in [2.24, 2.45) is 0 Å². The fourth-order valence-electron chi connectivity index (χ4n) is 0. The van der Waals surface area contributed by atoms with Crippen molar-refractivity contribution >= 4 is 0 Å². The summed E-state index contributed by atoms with van der Waals surface area (Å²) in [7, 11) is 0. The molecule has 0 heterocycles. The van der Waals surface area contributed by atoms with Gasteiger partial charge in [0.2, 0.25) is 0 Å². The normalized spacial score (nSPS) is 0. The molecule has 0 aromatic rings. The molecule has 38 valence electrons. The molecule has 0 bridgehead atoms. The second-order valence-electron chi connectivity index (χ2n) is 0. The predicted molar refractivity (Wildman–Crippen MR) is 2.75 cm³/mol. The molecule has 0 saturated carbocycles. The van der Waals surface area contributed by atoms with Crippen molar-refractivity contribution in [1.29, 1.82) is 0 Å². The van der Waals surface area contributed by atoms with Crippen molar-refractivity contribution < 1.29 is 64.7 Å². The zero-order valence-electron chi connectivity index (χ0n) is 2.54. The van der Waals surface area contributed by atoms with Gasteiger partial charge in [-0.1, -0.05) is 0 Å². The largest absolute Gasteiger partial charge is 4.00 e. The fourth-order valence-corrected chi connectivity index (χ4v) is 0. The van der Waals surface area contributed by atoms with Gasteiger partial charge in [0.25, 0.3) is 0 Å². The number of rotatable bonds is 0. The Kier molecular flexibility index (Phi) is 3390. The Morgan fingerprint density at radius 2 is 0.500 bits per heavy atom. The maximum absolute atomic E-state index is 0. The Morgan fingerprint density at radius 1 is 0.500 bits per heavy atom. The van der Waals surface area contributed by atoms with Crippen LogP contribution in [0.25, 0.3) is 0 Å². The summed E-state index contributed by atoms with van der Waals surface area (Å²) >= 11 is 0. The molecule has 0 fully saturated rings. The van der Waals surface area contributed by atoms with Gasteiger partial charge in [-0.3, -0.25) is 0 Å². The van der Waals surface area contributed by atoms with Crippen LogP contribution in [0.15, 0.2) is 0 Å². The van der Waals surface area contributed by atoms with E-state index in [0.717, 1.165) is 0 Å². The van der Waals surface area contributed by atoms with Crippen molar-refractivity contribution in [3.63, 3.8) is 0 Å². The minimum absolute atomic E-state index is 0. The van der Waals surface area contributed by atoms with E-state index in [2.05, 4.69) is 0 Å². The molecule has 0 aromatic heterocycles. The number of hydrogen-bond donors (Lipinski definition) is 0. The van der Waals surface area contributed by atoms with Crippen LogP contribution in [0.4, 0.5) is 0 Å². The van der Waals surface area contributed by atoms with Crippen LogP contribution in [0.1, 0.15) is 0 Å². The summed E-state index contributed by atoms with van der Waals surface area (Å²) < 4.78 is 0. The third-order valence-corrected chi connectivity index (χ3v) is 0. The van der Waals surface area contributed by atoms with E-state index in [1.54, 1.807) is 0 Å². The first-order valence-corrected chi connectivity index (χ1v) is 0. The molecular formula is O4TiW-4. The molecule has 0 aliphatic carbocycles. The average Bonchev–Trinajstić information content (AvgIpc) is 0. The summed E-state index contributed by atoms with van der Waals surface area (Å²) in [5.74, 6) is 0. The third kappa shape index (κ3) is 61.1. The van der Waals surface area contributed by atoms with Crippen LogP contribution in [0.5, 0.6) is 0 Å². The van der Waals surface area contributed by atoms with Gasteiger partial charge in [-0.05, 0) is 0 Å². The fraction of sp³-hybridized carbons (Fsp3) is 0. The number of hydrogen-bond acceptors (Lipinski definition) is 0. The summed E-state index contributed by atoms with van der Waals surface area (Å²) in [6, 6.07) is 0. The molecule has 0 atom stereocenters. The minimum atomic E-state index is 0. The molecule has 0 rings (SSSR count). The van der Waals surface area contributed by atoms with Crippen molar-refractivity contribution in [2.45, 2.75) is 0 Å². The van der Waals surface area contributed by atoms with Gasteiger partial charge in [0, 0.05) is 21.1 Å².